The number of carbonyl (C=O) groups is 1. The van der Waals surface area contributed by atoms with E-state index >= 15 is 0 Å². The molecule has 0 unspecified atom stereocenters. The predicted octanol–water partition coefficient (Wildman–Crippen LogP) is 3.53. The molecular formula is C21H23N3O2. The minimum absolute atomic E-state index is 0.213. The van der Waals surface area contributed by atoms with Crippen LogP contribution in [0.25, 0.3) is 11.0 Å². The molecular weight excluding hydrogens is 326 g/mol. The first-order chi connectivity index (χ1) is 12.6. The Morgan fingerprint density at radius 3 is 2.65 bits per heavy atom. The lowest BCUT2D eigenvalue weighted by Crippen LogP contribution is -2.23. The summed E-state index contributed by atoms with van der Waals surface area (Å²) in [4.78, 5) is 16.1. The predicted molar refractivity (Wildman–Crippen MR) is 103 cm³/mol. The van der Waals surface area contributed by atoms with Crippen LogP contribution >= 0.6 is 0 Å². The number of para-hydroxylation sites is 3. The number of benzene rings is 2. The number of nitrogens with one attached hydrogen (secondary N) is 1. The van der Waals surface area contributed by atoms with Crippen molar-refractivity contribution < 1.29 is 9.53 Å². The zero-order chi connectivity index (χ0) is 18.5. The fourth-order valence-electron chi connectivity index (χ4n) is 3.01. The Labute approximate surface area is 153 Å². The highest BCUT2D eigenvalue weighted by Crippen LogP contribution is 2.23. The largest absolute Gasteiger partial charge is 0.491 e. The fraction of sp³-hybridized carbons (Fsp3) is 0.238. The smallest absolute Gasteiger partial charge is 0.243 e. The van der Waals surface area contributed by atoms with E-state index in [1.54, 1.807) is 0 Å². The average molecular weight is 349 g/mol. The number of ether oxygens (including phenoxy) is 1. The van der Waals surface area contributed by atoms with Gasteiger partial charge in [-0.2, -0.15) is 0 Å². The number of aryl methyl sites for hydroxylation is 2. The van der Waals surface area contributed by atoms with Gasteiger partial charge in [-0.05, 0) is 43.2 Å². The molecule has 1 heterocycles. The second-order valence-electron chi connectivity index (χ2n) is 6.16. The number of hydrogen-bond acceptors (Lipinski definition) is 3. The van der Waals surface area contributed by atoms with Crippen molar-refractivity contribution in [2.45, 2.75) is 26.9 Å². The maximum absolute atomic E-state index is 11.5. The molecule has 0 saturated heterocycles. The van der Waals surface area contributed by atoms with Crippen LogP contribution in [0.15, 0.2) is 55.1 Å². The normalized spacial score (nSPS) is 10.7. The number of rotatable bonds is 7. The average Bonchev–Trinajstić information content (AvgIpc) is 3.00. The third-order valence-corrected chi connectivity index (χ3v) is 4.31. The number of hydrogen-bond donors (Lipinski definition) is 1. The molecule has 0 aliphatic heterocycles. The molecule has 0 radical (unpaired) electrons. The lowest BCUT2D eigenvalue weighted by atomic mass is 10.1. The molecule has 1 aromatic heterocycles. The summed E-state index contributed by atoms with van der Waals surface area (Å²) in [5.41, 5.74) is 4.18. The van der Waals surface area contributed by atoms with Crippen LogP contribution in [0, 0.1) is 13.8 Å². The molecule has 1 amide bonds. The molecule has 0 fully saturated rings. The minimum atomic E-state index is -0.213. The van der Waals surface area contributed by atoms with Crippen LogP contribution in [0.3, 0.4) is 0 Å². The summed E-state index contributed by atoms with van der Waals surface area (Å²) in [7, 11) is 0. The van der Waals surface area contributed by atoms with Crippen molar-refractivity contribution in [3.05, 3.63) is 72.1 Å². The minimum Gasteiger partial charge on any atom is -0.491 e. The lowest BCUT2D eigenvalue weighted by molar-refractivity contribution is -0.116. The van der Waals surface area contributed by atoms with Crippen molar-refractivity contribution >= 4 is 16.9 Å². The van der Waals surface area contributed by atoms with Gasteiger partial charge in [0.2, 0.25) is 5.91 Å². The number of nitrogens with zero attached hydrogens (tertiary/aromatic N) is 2. The van der Waals surface area contributed by atoms with Crippen molar-refractivity contribution in [3.63, 3.8) is 0 Å². The SMILES string of the molecule is C=CC(=O)NCc1nc2ccccc2n1CCOc1c(C)cccc1C. The van der Waals surface area contributed by atoms with Crippen molar-refractivity contribution in [2.75, 3.05) is 6.61 Å². The highest BCUT2D eigenvalue weighted by molar-refractivity contribution is 5.86. The Kier molecular flexibility index (Phi) is 5.37. The van der Waals surface area contributed by atoms with E-state index in [1.807, 2.05) is 56.3 Å². The molecule has 0 aliphatic rings. The molecule has 0 aliphatic carbocycles. The number of carbonyl (C=O) groups excluding carboxylic acids is 1. The van der Waals surface area contributed by atoms with E-state index in [0.29, 0.717) is 19.7 Å². The van der Waals surface area contributed by atoms with E-state index < -0.39 is 0 Å². The summed E-state index contributed by atoms with van der Waals surface area (Å²) in [6.07, 6.45) is 1.26. The number of amides is 1. The molecule has 3 aromatic rings. The first-order valence-corrected chi connectivity index (χ1v) is 8.63. The maximum atomic E-state index is 11.5. The molecule has 26 heavy (non-hydrogen) atoms. The van der Waals surface area contributed by atoms with Gasteiger partial charge in [0.15, 0.2) is 0 Å². The van der Waals surface area contributed by atoms with Crippen molar-refractivity contribution in [3.8, 4) is 5.75 Å². The number of imidazole rings is 1. The van der Waals surface area contributed by atoms with E-state index in [9.17, 15) is 4.79 Å². The van der Waals surface area contributed by atoms with Gasteiger partial charge in [0.1, 0.15) is 18.2 Å². The van der Waals surface area contributed by atoms with E-state index in [1.165, 1.54) is 6.08 Å². The second kappa shape index (κ2) is 7.87. The summed E-state index contributed by atoms with van der Waals surface area (Å²) in [5, 5.41) is 2.80. The molecule has 5 heteroatoms. The molecule has 134 valence electrons. The molecule has 0 saturated carbocycles. The van der Waals surface area contributed by atoms with Crippen molar-refractivity contribution in [1.29, 1.82) is 0 Å². The molecule has 5 nitrogen and oxygen atoms in total. The van der Waals surface area contributed by atoms with Gasteiger partial charge in [-0.3, -0.25) is 4.79 Å². The fourth-order valence-corrected chi connectivity index (χ4v) is 3.01. The molecule has 0 spiro atoms. The quantitative estimate of drug-likeness (QED) is 0.664. The summed E-state index contributed by atoms with van der Waals surface area (Å²) >= 11 is 0. The maximum Gasteiger partial charge on any atom is 0.243 e. The Morgan fingerprint density at radius 1 is 1.19 bits per heavy atom. The molecule has 1 N–H and O–H groups in total. The Hall–Kier alpha value is -3.08. The van der Waals surface area contributed by atoms with Crippen LogP contribution in [0.1, 0.15) is 17.0 Å². The zero-order valence-electron chi connectivity index (χ0n) is 15.2. The summed E-state index contributed by atoms with van der Waals surface area (Å²) < 4.78 is 8.13. The first kappa shape index (κ1) is 17.7. The van der Waals surface area contributed by atoms with Gasteiger partial charge in [0, 0.05) is 0 Å². The topological polar surface area (TPSA) is 56.2 Å². The van der Waals surface area contributed by atoms with Crippen LogP contribution in [-0.4, -0.2) is 22.1 Å². The molecule has 2 aromatic carbocycles. The summed E-state index contributed by atoms with van der Waals surface area (Å²) in [5.74, 6) is 1.51. The lowest BCUT2D eigenvalue weighted by Gasteiger charge is -2.14. The first-order valence-electron chi connectivity index (χ1n) is 8.63. The molecule has 0 bridgehead atoms. The monoisotopic (exact) mass is 349 g/mol. The second-order valence-corrected chi connectivity index (χ2v) is 6.16. The van der Waals surface area contributed by atoms with Crippen molar-refractivity contribution in [1.82, 2.24) is 14.9 Å². The van der Waals surface area contributed by atoms with Gasteiger partial charge in [0.25, 0.3) is 0 Å². The van der Waals surface area contributed by atoms with Crippen LogP contribution in [0.4, 0.5) is 0 Å². The van der Waals surface area contributed by atoms with Gasteiger partial charge in [-0.1, -0.05) is 36.9 Å². The Bertz CT molecular complexity index is 923. The van der Waals surface area contributed by atoms with Gasteiger partial charge < -0.3 is 14.6 Å². The van der Waals surface area contributed by atoms with E-state index in [-0.39, 0.29) is 5.91 Å². The van der Waals surface area contributed by atoms with E-state index in [4.69, 9.17) is 4.74 Å². The van der Waals surface area contributed by atoms with E-state index in [2.05, 4.69) is 21.4 Å². The van der Waals surface area contributed by atoms with Gasteiger partial charge in [-0.15, -0.1) is 0 Å². The zero-order valence-corrected chi connectivity index (χ0v) is 15.2. The van der Waals surface area contributed by atoms with Crippen LogP contribution in [-0.2, 0) is 17.9 Å². The van der Waals surface area contributed by atoms with Gasteiger partial charge in [-0.25, -0.2) is 4.98 Å². The van der Waals surface area contributed by atoms with Crippen LogP contribution in [0.2, 0.25) is 0 Å². The standard InChI is InChI=1S/C21H23N3O2/c1-4-20(25)22-14-19-23-17-10-5-6-11-18(17)24(19)12-13-26-21-15(2)8-7-9-16(21)3/h4-11H,1,12-14H2,2-3H3,(H,22,25). The van der Waals surface area contributed by atoms with Gasteiger partial charge >= 0.3 is 0 Å². The van der Waals surface area contributed by atoms with Gasteiger partial charge in [0.05, 0.1) is 24.1 Å². The number of aromatic nitrogens is 2. The van der Waals surface area contributed by atoms with Crippen LogP contribution < -0.4 is 10.1 Å². The number of fused-ring (bicyclic) bond motifs is 1. The third kappa shape index (κ3) is 3.77. The summed E-state index contributed by atoms with van der Waals surface area (Å²) in [6.45, 7) is 9.09. The Morgan fingerprint density at radius 2 is 1.92 bits per heavy atom. The molecule has 3 rings (SSSR count). The van der Waals surface area contributed by atoms with E-state index in [0.717, 1.165) is 33.7 Å². The van der Waals surface area contributed by atoms with Crippen LogP contribution in [0.5, 0.6) is 5.75 Å². The Balaban J connectivity index is 1.79. The summed E-state index contributed by atoms with van der Waals surface area (Å²) in [6, 6.07) is 14.1. The highest BCUT2D eigenvalue weighted by atomic mass is 16.5. The third-order valence-electron chi connectivity index (χ3n) is 4.31. The molecule has 0 atom stereocenters. The highest BCUT2D eigenvalue weighted by Gasteiger charge is 2.11. The van der Waals surface area contributed by atoms with Crippen molar-refractivity contribution in [2.24, 2.45) is 0 Å².